The molecule has 4 nitrogen and oxygen atoms in total. The highest BCUT2D eigenvalue weighted by Crippen LogP contribution is 2.19. The van der Waals surface area contributed by atoms with Gasteiger partial charge in [0.05, 0.1) is 0 Å². The fourth-order valence-corrected chi connectivity index (χ4v) is 3.39. The number of hydrogen-bond donors (Lipinski definition) is 1. The minimum absolute atomic E-state index is 0.195. The van der Waals surface area contributed by atoms with Crippen LogP contribution in [-0.2, 0) is 11.2 Å². The number of aryl methyl sites for hydroxylation is 1. The standard InChI is InChI=1S/C20H33N3O/c1-17-16-19(11-12-21-17)20(24)23(15-14-22(2)3)13-7-10-18-8-5-4-6-9-18/h4-6,8-9,17,19,21H,7,10-16H2,1-3H3/t17-,19-/m0/s1. The number of rotatable bonds is 8. The monoisotopic (exact) mass is 331 g/mol. The minimum atomic E-state index is 0.195. The maximum atomic E-state index is 13.0. The number of carbonyl (C=O) groups excluding carboxylic acids is 1. The number of amides is 1. The predicted molar refractivity (Wildman–Crippen MR) is 100 cm³/mol. The van der Waals surface area contributed by atoms with Gasteiger partial charge in [-0.2, -0.15) is 0 Å². The van der Waals surface area contributed by atoms with Crippen molar-refractivity contribution in [2.45, 2.75) is 38.6 Å². The number of likely N-dealkylation sites (N-methyl/N-ethyl adjacent to an activating group) is 1. The van der Waals surface area contributed by atoms with Crippen LogP contribution < -0.4 is 5.32 Å². The quantitative estimate of drug-likeness (QED) is 0.794. The Morgan fingerprint density at radius 2 is 1.92 bits per heavy atom. The van der Waals surface area contributed by atoms with Gasteiger partial charge >= 0.3 is 0 Å². The van der Waals surface area contributed by atoms with Gasteiger partial charge in [0.2, 0.25) is 5.91 Å². The summed E-state index contributed by atoms with van der Waals surface area (Å²) in [6.07, 6.45) is 4.01. The Hall–Kier alpha value is -1.39. The lowest BCUT2D eigenvalue weighted by Gasteiger charge is -2.33. The number of benzene rings is 1. The van der Waals surface area contributed by atoms with E-state index in [4.69, 9.17) is 0 Å². The molecule has 0 saturated carbocycles. The van der Waals surface area contributed by atoms with Gasteiger partial charge in [0.1, 0.15) is 0 Å². The van der Waals surface area contributed by atoms with Gasteiger partial charge < -0.3 is 15.1 Å². The van der Waals surface area contributed by atoms with Crippen LogP contribution >= 0.6 is 0 Å². The number of nitrogens with zero attached hydrogens (tertiary/aromatic N) is 2. The fraction of sp³-hybridized carbons (Fsp3) is 0.650. The molecule has 0 bridgehead atoms. The first kappa shape index (κ1) is 18.9. The molecule has 1 aromatic carbocycles. The number of carbonyl (C=O) groups is 1. The van der Waals surface area contributed by atoms with Crippen LogP contribution in [0.1, 0.15) is 31.7 Å². The molecule has 2 rings (SSSR count). The molecule has 0 unspecified atom stereocenters. The topological polar surface area (TPSA) is 35.6 Å². The zero-order valence-electron chi connectivity index (χ0n) is 15.5. The van der Waals surface area contributed by atoms with Crippen molar-refractivity contribution in [3.63, 3.8) is 0 Å². The lowest BCUT2D eigenvalue weighted by molar-refractivity contribution is -0.137. The van der Waals surface area contributed by atoms with Crippen LogP contribution in [0.15, 0.2) is 30.3 Å². The summed E-state index contributed by atoms with van der Waals surface area (Å²) in [6, 6.07) is 11.0. The summed E-state index contributed by atoms with van der Waals surface area (Å²) in [4.78, 5) is 17.2. The van der Waals surface area contributed by atoms with Crippen molar-refractivity contribution < 1.29 is 4.79 Å². The van der Waals surface area contributed by atoms with Crippen LogP contribution in [-0.4, -0.2) is 62.0 Å². The van der Waals surface area contributed by atoms with E-state index < -0.39 is 0 Å². The van der Waals surface area contributed by atoms with Crippen molar-refractivity contribution in [3.05, 3.63) is 35.9 Å². The number of hydrogen-bond acceptors (Lipinski definition) is 3. The summed E-state index contributed by atoms with van der Waals surface area (Å²) in [7, 11) is 4.14. The minimum Gasteiger partial charge on any atom is -0.341 e. The largest absolute Gasteiger partial charge is 0.341 e. The second-order valence-corrected chi connectivity index (χ2v) is 7.29. The first-order valence-corrected chi connectivity index (χ1v) is 9.27. The SMILES string of the molecule is C[C@H]1C[C@@H](C(=O)N(CCCc2ccccc2)CCN(C)C)CCN1. The second kappa shape index (κ2) is 9.80. The van der Waals surface area contributed by atoms with Crippen LogP contribution in [0.2, 0.25) is 0 Å². The van der Waals surface area contributed by atoms with Crippen molar-refractivity contribution in [2.75, 3.05) is 40.3 Å². The zero-order chi connectivity index (χ0) is 17.4. The van der Waals surface area contributed by atoms with E-state index in [9.17, 15) is 4.79 Å². The van der Waals surface area contributed by atoms with Crippen LogP contribution in [0.3, 0.4) is 0 Å². The Bertz CT molecular complexity index is 489. The Morgan fingerprint density at radius 3 is 2.58 bits per heavy atom. The van der Waals surface area contributed by atoms with Gasteiger partial charge in [-0.05, 0) is 58.8 Å². The van der Waals surface area contributed by atoms with E-state index >= 15 is 0 Å². The molecule has 1 aliphatic heterocycles. The molecule has 134 valence electrons. The predicted octanol–water partition coefficient (Wildman–Crippen LogP) is 2.40. The highest BCUT2D eigenvalue weighted by molar-refractivity contribution is 5.79. The van der Waals surface area contributed by atoms with E-state index in [-0.39, 0.29) is 5.92 Å². The van der Waals surface area contributed by atoms with E-state index in [0.29, 0.717) is 11.9 Å². The molecule has 0 aromatic heterocycles. The first-order chi connectivity index (χ1) is 11.6. The van der Waals surface area contributed by atoms with E-state index in [2.05, 4.69) is 66.5 Å². The molecule has 1 aliphatic rings. The van der Waals surface area contributed by atoms with E-state index in [0.717, 1.165) is 51.9 Å². The Morgan fingerprint density at radius 1 is 1.17 bits per heavy atom. The van der Waals surface area contributed by atoms with Crippen molar-refractivity contribution >= 4 is 5.91 Å². The molecule has 1 aromatic rings. The van der Waals surface area contributed by atoms with E-state index in [1.807, 2.05) is 0 Å². The van der Waals surface area contributed by atoms with Crippen LogP contribution in [0.25, 0.3) is 0 Å². The summed E-state index contributed by atoms with van der Waals surface area (Å²) in [5.41, 5.74) is 1.35. The van der Waals surface area contributed by atoms with Gasteiger partial charge in [0.15, 0.2) is 0 Å². The van der Waals surface area contributed by atoms with Crippen LogP contribution in [0, 0.1) is 5.92 Å². The van der Waals surface area contributed by atoms with Gasteiger partial charge in [-0.3, -0.25) is 4.79 Å². The summed E-state index contributed by atoms with van der Waals surface area (Å²) in [5.74, 6) is 0.554. The molecular weight excluding hydrogens is 298 g/mol. The third-order valence-electron chi connectivity index (χ3n) is 4.84. The molecule has 0 aliphatic carbocycles. The first-order valence-electron chi connectivity index (χ1n) is 9.27. The molecule has 4 heteroatoms. The van der Waals surface area contributed by atoms with Gasteiger partial charge in [-0.25, -0.2) is 0 Å². The summed E-state index contributed by atoms with van der Waals surface area (Å²) >= 11 is 0. The number of nitrogens with one attached hydrogen (secondary N) is 1. The van der Waals surface area contributed by atoms with Crippen molar-refractivity contribution in [1.29, 1.82) is 0 Å². The molecule has 0 radical (unpaired) electrons. The van der Waals surface area contributed by atoms with Gasteiger partial charge in [-0.1, -0.05) is 30.3 Å². The van der Waals surface area contributed by atoms with Crippen molar-refractivity contribution in [3.8, 4) is 0 Å². The summed E-state index contributed by atoms with van der Waals surface area (Å²) in [6.45, 7) is 5.76. The molecule has 2 atom stereocenters. The van der Waals surface area contributed by atoms with Crippen molar-refractivity contribution in [2.24, 2.45) is 5.92 Å². The average molecular weight is 332 g/mol. The molecule has 1 saturated heterocycles. The maximum Gasteiger partial charge on any atom is 0.225 e. The Kier molecular flexibility index (Phi) is 7.73. The molecule has 1 heterocycles. The molecule has 24 heavy (non-hydrogen) atoms. The third-order valence-corrected chi connectivity index (χ3v) is 4.84. The maximum absolute atomic E-state index is 13.0. The molecule has 1 N–H and O–H groups in total. The highest BCUT2D eigenvalue weighted by Gasteiger charge is 2.28. The normalized spacial score (nSPS) is 21.0. The second-order valence-electron chi connectivity index (χ2n) is 7.29. The van der Waals surface area contributed by atoms with Crippen LogP contribution in [0.4, 0.5) is 0 Å². The summed E-state index contributed by atoms with van der Waals surface area (Å²) in [5, 5.41) is 3.44. The highest BCUT2D eigenvalue weighted by atomic mass is 16.2. The van der Waals surface area contributed by atoms with Gasteiger partial charge in [-0.15, -0.1) is 0 Å². The smallest absolute Gasteiger partial charge is 0.225 e. The lowest BCUT2D eigenvalue weighted by atomic mass is 9.92. The molecular formula is C20H33N3O. The zero-order valence-corrected chi connectivity index (χ0v) is 15.5. The van der Waals surface area contributed by atoms with E-state index in [1.54, 1.807) is 0 Å². The fourth-order valence-electron chi connectivity index (χ4n) is 3.39. The lowest BCUT2D eigenvalue weighted by Crippen LogP contribution is -2.46. The molecule has 0 spiro atoms. The number of piperidine rings is 1. The Labute approximate surface area is 147 Å². The average Bonchev–Trinajstić information content (AvgIpc) is 2.58. The van der Waals surface area contributed by atoms with Crippen molar-refractivity contribution in [1.82, 2.24) is 15.1 Å². The molecule has 1 amide bonds. The van der Waals surface area contributed by atoms with Gasteiger partial charge in [0, 0.05) is 31.6 Å². The third kappa shape index (κ3) is 6.25. The molecule has 1 fully saturated rings. The van der Waals surface area contributed by atoms with E-state index in [1.165, 1.54) is 5.56 Å². The van der Waals surface area contributed by atoms with Crippen LogP contribution in [0.5, 0.6) is 0 Å². The summed E-state index contributed by atoms with van der Waals surface area (Å²) < 4.78 is 0. The van der Waals surface area contributed by atoms with Gasteiger partial charge in [0.25, 0.3) is 0 Å². The Balaban J connectivity index is 1.89.